The molecule has 3 nitrogen and oxygen atoms in total. The van der Waals surface area contributed by atoms with Crippen molar-refractivity contribution in [3.05, 3.63) is 0 Å². The quantitative estimate of drug-likeness (QED) is 0.323. The third-order valence-corrected chi connectivity index (χ3v) is 4.04. The maximum atomic E-state index is 10.2. The molecule has 0 amide bonds. The SMILES string of the molecule is CCCCCCCCN(CCO)CCCCCCCC=O. The predicted molar refractivity (Wildman–Crippen MR) is 90.7 cm³/mol. The summed E-state index contributed by atoms with van der Waals surface area (Å²) in [7, 11) is 0. The third-order valence-electron chi connectivity index (χ3n) is 4.04. The molecule has 3 heteroatoms. The largest absolute Gasteiger partial charge is 0.395 e. The molecule has 1 N–H and O–H groups in total. The molecular formula is C18H37NO2. The second-order valence-corrected chi connectivity index (χ2v) is 6.06. The average molecular weight is 299 g/mol. The summed E-state index contributed by atoms with van der Waals surface area (Å²) in [5.41, 5.74) is 0. The Kier molecular flexibility index (Phi) is 17.3. The first-order valence-electron chi connectivity index (χ1n) is 9.12. The molecule has 0 saturated heterocycles. The van der Waals surface area contributed by atoms with E-state index in [4.69, 9.17) is 5.11 Å². The van der Waals surface area contributed by atoms with Gasteiger partial charge in [0, 0.05) is 13.0 Å². The number of rotatable bonds is 17. The molecule has 0 bridgehead atoms. The molecule has 0 aliphatic heterocycles. The summed E-state index contributed by atoms with van der Waals surface area (Å²) >= 11 is 0. The zero-order valence-corrected chi connectivity index (χ0v) is 14.2. The first-order valence-corrected chi connectivity index (χ1v) is 9.12. The predicted octanol–water partition coefficient (Wildman–Crippen LogP) is 4.18. The van der Waals surface area contributed by atoms with Gasteiger partial charge in [0.1, 0.15) is 6.29 Å². The number of aldehydes is 1. The van der Waals surface area contributed by atoms with E-state index in [1.165, 1.54) is 64.2 Å². The Balaban J connectivity index is 3.46. The minimum atomic E-state index is 0.273. The average Bonchev–Trinajstić information content (AvgIpc) is 2.49. The van der Waals surface area contributed by atoms with E-state index in [9.17, 15) is 4.79 Å². The highest BCUT2D eigenvalue weighted by Gasteiger charge is 2.03. The molecule has 0 heterocycles. The fourth-order valence-corrected chi connectivity index (χ4v) is 2.69. The number of hydrogen-bond acceptors (Lipinski definition) is 3. The summed E-state index contributed by atoms with van der Waals surface area (Å²) in [6.07, 6.45) is 15.7. The van der Waals surface area contributed by atoms with Crippen molar-refractivity contribution >= 4 is 6.29 Å². The minimum absolute atomic E-state index is 0.273. The van der Waals surface area contributed by atoms with Crippen LogP contribution in [0.25, 0.3) is 0 Å². The lowest BCUT2D eigenvalue weighted by Gasteiger charge is -2.21. The van der Waals surface area contributed by atoms with Gasteiger partial charge in [0.2, 0.25) is 0 Å². The van der Waals surface area contributed by atoms with Crippen LogP contribution in [0.1, 0.15) is 84.0 Å². The van der Waals surface area contributed by atoms with Crippen LogP contribution in [0.15, 0.2) is 0 Å². The molecule has 126 valence electrons. The van der Waals surface area contributed by atoms with Crippen LogP contribution < -0.4 is 0 Å². The molecule has 0 rings (SSSR count). The van der Waals surface area contributed by atoms with Gasteiger partial charge in [0.25, 0.3) is 0 Å². The van der Waals surface area contributed by atoms with Gasteiger partial charge in [0.15, 0.2) is 0 Å². The van der Waals surface area contributed by atoms with Gasteiger partial charge in [-0.05, 0) is 32.4 Å². The van der Waals surface area contributed by atoms with Crippen LogP contribution in [-0.2, 0) is 4.79 Å². The van der Waals surface area contributed by atoms with Crippen molar-refractivity contribution in [1.82, 2.24) is 4.90 Å². The summed E-state index contributed by atoms with van der Waals surface area (Å²) < 4.78 is 0. The van der Waals surface area contributed by atoms with Gasteiger partial charge >= 0.3 is 0 Å². The Labute approximate surface area is 132 Å². The molecule has 21 heavy (non-hydrogen) atoms. The first-order chi connectivity index (χ1) is 10.3. The van der Waals surface area contributed by atoms with Crippen LogP contribution in [0.5, 0.6) is 0 Å². The van der Waals surface area contributed by atoms with Crippen molar-refractivity contribution in [1.29, 1.82) is 0 Å². The minimum Gasteiger partial charge on any atom is -0.395 e. The van der Waals surface area contributed by atoms with Gasteiger partial charge in [-0.1, -0.05) is 58.3 Å². The molecule has 0 spiro atoms. The Hall–Kier alpha value is -0.410. The van der Waals surface area contributed by atoms with E-state index >= 15 is 0 Å². The van der Waals surface area contributed by atoms with Crippen molar-refractivity contribution in [3.8, 4) is 0 Å². The fourth-order valence-electron chi connectivity index (χ4n) is 2.69. The highest BCUT2D eigenvalue weighted by molar-refractivity contribution is 5.48. The topological polar surface area (TPSA) is 40.5 Å². The van der Waals surface area contributed by atoms with Crippen molar-refractivity contribution in [2.45, 2.75) is 84.0 Å². The van der Waals surface area contributed by atoms with E-state index in [0.717, 1.165) is 32.3 Å². The van der Waals surface area contributed by atoms with Crippen LogP contribution in [0, 0.1) is 0 Å². The highest BCUT2D eigenvalue weighted by atomic mass is 16.3. The van der Waals surface area contributed by atoms with Crippen molar-refractivity contribution < 1.29 is 9.90 Å². The summed E-state index contributed by atoms with van der Waals surface area (Å²) in [6, 6.07) is 0. The van der Waals surface area contributed by atoms with E-state index < -0.39 is 0 Å². The molecule has 0 radical (unpaired) electrons. The summed E-state index contributed by atoms with van der Waals surface area (Å²) in [6.45, 7) is 5.60. The standard InChI is InChI=1S/C18H37NO2/c1-2-3-4-5-8-11-14-19(16-18-21)15-12-9-6-7-10-13-17-20/h17,21H,2-16,18H2,1H3. The number of unbranched alkanes of at least 4 members (excludes halogenated alkanes) is 10. The van der Waals surface area contributed by atoms with Crippen molar-refractivity contribution in [2.24, 2.45) is 0 Å². The molecule has 0 aliphatic rings. The van der Waals surface area contributed by atoms with Gasteiger partial charge < -0.3 is 14.8 Å². The highest BCUT2D eigenvalue weighted by Crippen LogP contribution is 2.08. The van der Waals surface area contributed by atoms with E-state index in [1.54, 1.807) is 0 Å². The Morgan fingerprint density at radius 1 is 0.762 bits per heavy atom. The second-order valence-electron chi connectivity index (χ2n) is 6.06. The van der Waals surface area contributed by atoms with Crippen molar-refractivity contribution in [2.75, 3.05) is 26.2 Å². The maximum absolute atomic E-state index is 10.2. The number of aliphatic hydroxyl groups excluding tert-OH is 1. The van der Waals surface area contributed by atoms with Crippen LogP contribution in [0.3, 0.4) is 0 Å². The molecule has 0 aromatic rings. The molecule has 0 unspecified atom stereocenters. The van der Waals surface area contributed by atoms with E-state index in [1.807, 2.05) is 0 Å². The maximum Gasteiger partial charge on any atom is 0.119 e. The lowest BCUT2D eigenvalue weighted by atomic mass is 10.1. The van der Waals surface area contributed by atoms with Gasteiger partial charge in [-0.15, -0.1) is 0 Å². The number of carbonyl (C=O) groups is 1. The molecule has 0 atom stereocenters. The van der Waals surface area contributed by atoms with Gasteiger partial charge in [-0.25, -0.2) is 0 Å². The molecule has 0 saturated carbocycles. The normalized spacial score (nSPS) is 11.2. The molecule has 0 aromatic carbocycles. The summed E-state index contributed by atoms with van der Waals surface area (Å²) in [5.74, 6) is 0. The van der Waals surface area contributed by atoms with Crippen LogP contribution in [0.2, 0.25) is 0 Å². The summed E-state index contributed by atoms with van der Waals surface area (Å²) in [5, 5.41) is 9.13. The lowest BCUT2D eigenvalue weighted by Crippen LogP contribution is -2.29. The lowest BCUT2D eigenvalue weighted by molar-refractivity contribution is -0.107. The number of hydrogen-bond donors (Lipinski definition) is 1. The van der Waals surface area contributed by atoms with Crippen molar-refractivity contribution in [3.63, 3.8) is 0 Å². The Bertz CT molecular complexity index is 209. The molecule has 0 aliphatic carbocycles. The number of aliphatic hydroxyl groups is 1. The zero-order chi connectivity index (χ0) is 15.6. The smallest absolute Gasteiger partial charge is 0.119 e. The fraction of sp³-hybridized carbons (Fsp3) is 0.944. The first kappa shape index (κ1) is 20.6. The third kappa shape index (κ3) is 15.8. The van der Waals surface area contributed by atoms with Crippen LogP contribution in [0.4, 0.5) is 0 Å². The van der Waals surface area contributed by atoms with Gasteiger partial charge in [0.05, 0.1) is 6.61 Å². The Morgan fingerprint density at radius 2 is 1.29 bits per heavy atom. The zero-order valence-electron chi connectivity index (χ0n) is 14.2. The molecule has 0 aromatic heterocycles. The van der Waals surface area contributed by atoms with Crippen LogP contribution >= 0.6 is 0 Å². The molecule has 0 fully saturated rings. The number of nitrogens with zero attached hydrogens (tertiary/aromatic N) is 1. The van der Waals surface area contributed by atoms with Gasteiger partial charge in [-0.3, -0.25) is 0 Å². The second kappa shape index (κ2) is 17.6. The molecular weight excluding hydrogens is 262 g/mol. The summed E-state index contributed by atoms with van der Waals surface area (Å²) in [4.78, 5) is 12.6. The van der Waals surface area contributed by atoms with E-state index in [2.05, 4.69) is 11.8 Å². The van der Waals surface area contributed by atoms with Crippen LogP contribution in [-0.4, -0.2) is 42.5 Å². The van der Waals surface area contributed by atoms with E-state index in [0.29, 0.717) is 6.42 Å². The monoisotopic (exact) mass is 299 g/mol. The van der Waals surface area contributed by atoms with Gasteiger partial charge in [-0.2, -0.15) is 0 Å². The van der Waals surface area contributed by atoms with E-state index in [-0.39, 0.29) is 6.61 Å². The number of carbonyl (C=O) groups excluding carboxylic acids is 1. The Morgan fingerprint density at radius 3 is 1.81 bits per heavy atom.